The maximum atomic E-state index is 16.2. The molecule has 6 fully saturated rings. The number of piperazine rings is 6. The van der Waals surface area contributed by atoms with Gasteiger partial charge in [-0.3, -0.25) is 66.6 Å². The van der Waals surface area contributed by atoms with Crippen molar-refractivity contribution >= 4 is 136 Å². The summed E-state index contributed by atoms with van der Waals surface area (Å²) < 4.78 is 154. The highest BCUT2D eigenvalue weighted by molar-refractivity contribution is 8.00. The second-order valence-electron chi connectivity index (χ2n) is 39.1. The van der Waals surface area contributed by atoms with E-state index in [1.807, 2.05) is 49.6 Å². The third kappa shape index (κ3) is 17.6. The summed E-state index contributed by atoms with van der Waals surface area (Å²) in [6.07, 6.45) is -1.75. The molecule has 12 aromatic rings. The van der Waals surface area contributed by atoms with Crippen molar-refractivity contribution in [3.8, 4) is 33.4 Å². The topological polar surface area (TPSA) is 248 Å². The number of benzene rings is 6. The molecule has 42 heteroatoms. The van der Waals surface area contributed by atoms with Crippen molar-refractivity contribution in [1.82, 2.24) is 102 Å². The smallest absolute Gasteiger partial charge is 0.352 e. The number of amides is 3. The molecule has 21 rings (SSSR count). The second kappa shape index (κ2) is 37.8. The highest BCUT2D eigenvalue weighted by atomic mass is 32.2. The minimum atomic E-state index is -4.88. The average Bonchev–Trinajstić information content (AvgIpc) is 0.907. The number of anilines is 3. The lowest BCUT2D eigenvalue weighted by Gasteiger charge is -2.45. The van der Waals surface area contributed by atoms with Crippen molar-refractivity contribution in [2.24, 2.45) is 21.1 Å². The number of alkyl halides is 9. The van der Waals surface area contributed by atoms with Gasteiger partial charge in [-0.05, 0) is 59.0 Å². The number of nitrogens with zero attached hydrogens (tertiary/aromatic N) is 24. The van der Waals surface area contributed by atoms with Gasteiger partial charge < -0.3 is 34.3 Å². The van der Waals surface area contributed by atoms with E-state index < -0.39 is 88.5 Å². The van der Waals surface area contributed by atoms with Gasteiger partial charge in [0.2, 0.25) is 17.7 Å². The van der Waals surface area contributed by atoms with Gasteiger partial charge >= 0.3 is 35.6 Å². The van der Waals surface area contributed by atoms with Crippen LogP contribution in [0.1, 0.15) is 62.5 Å². The molecular formula is C100H109F9N24O6S3. The molecule has 6 saturated heterocycles. The van der Waals surface area contributed by atoms with Crippen molar-refractivity contribution in [2.45, 2.75) is 103 Å². The molecule has 9 aliphatic rings. The van der Waals surface area contributed by atoms with Crippen LogP contribution in [0.25, 0.3) is 98.8 Å². The van der Waals surface area contributed by atoms with Crippen molar-refractivity contribution in [3.63, 3.8) is 0 Å². The van der Waals surface area contributed by atoms with E-state index in [1.54, 1.807) is 148 Å². The van der Waals surface area contributed by atoms with E-state index in [0.29, 0.717) is 171 Å². The number of hydrogen-bond acceptors (Lipinski definition) is 24. The number of likely N-dealkylation sites (N-methyl/N-ethyl adjacent to an activating group) is 1. The first-order valence-electron chi connectivity index (χ1n) is 48.2. The Morgan fingerprint density at radius 1 is 0.408 bits per heavy atom. The van der Waals surface area contributed by atoms with Crippen LogP contribution in [0.5, 0.6) is 0 Å². The zero-order valence-corrected chi connectivity index (χ0v) is 82.4. The first-order chi connectivity index (χ1) is 68.0. The second-order valence-corrected chi connectivity index (χ2v) is 42.2. The maximum absolute atomic E-state index is 16.2. The van der Waals surface area contributed by atoms with Crippen LogP contribution in [-0.4, -0.2) is 332 Å². The van der Waals surface area contributed by atoms with Crippen LogP contribution in [0.4, 0.5) is 57.0 Å². The standard InChI is InChI=1S/C100H109F9N24O6S3/c1-10-77(134)130-60(4)48-127(49-61(130)5)93-72-43-75(99(104,105)106)81(69-20-12-17-63-46-111-118(8)84(63)69)90-87(72)132(96(138)114-93)67(57-141-90)54-123-34-30-120(31-35-123)24-14-22-78(135)125-38-40-126(41-39-125)92-71-42-74(98(101,102)103)80(68-19-11-16-62-45-110-117(7)83(62)68)89-86(71)131(95(137)113-92)66(56-140-89)53-124-36-32-121(33-37-124)25-15-23-79(136)128-50-59(3)129(51-58(128)2)94-73-44-76(100(107,108)109)82(70-21-13-18-64-47-112-119(9)85(64)70)91-88(73)133(97(139)115-94)65(55-142-91)52-122-28-26-116(6)27-29-122/h10-23,42-47,58-61,65-67H,1,24-41,48-57H2,2-9H3/b22-14+,23-15+/t58-,59+,60-,61+,65?,66?,67?/m1/s1. The molecule has 746 valence electrons. The number of carbonyl (C=O) groups excluding carboxylic acids is 3. The fourth-order valence-corrected chi connectivity index (χ4v) is 27.1. The minimum Gasteiger partial charge on any atom is -0.352 e. The number of rotatable bonds is 19. The molecule has 15 heterocycles. The Kier molecular flexibility index (Phi) is 25.7. The summed E-state index contributed by atoms with van der Waals surface area (Å²) >= 11 is 3.91. The predicted molar refractivity (Wildman–Crippen MR) is 534 cm³/mol. The summed E-state index contributed by atoms with van der Waals surface area (Å²) in [4.78, 5) is 126. The van der Waals surface area contributed by atoms with Gasteiger partial charge in [0.1, 0.15) is 17.5 Å². The fourth-order valence-electron chi connectivity index (χ4n) is 23.1. The monoisotopic (exact) mass is 2010 g/mol. The average molecular weight is 2010 g/mol. The molecule has 3 unspecified atom stereocenters. The summed E-state index contributed by atoms with van der Waals surface area (Å²) in [7, 11) is 7.14. The molecular weight excluding hydrogens is 1900 g/mol. The fraction of sp³-hybridized carbons (Fsp3) is 0.460. The molecule has 0 saturated carbocycles. The molecule has 0 N–H and O–H groups in total. The Bertz CT molecular complexity index is 7310. The summed E-state index contributed by atoms with van der Waals surface area (Å²) in [5.74, 6) is 0.406. The Balaban J connectivity index is 0.480. The van der Waals surface area contributed by atoms with E-state index in [4.69, 9.17) is 9.97 Å². The van der Waals surface area contributed by atoms with Gasteiger partial charge in [-0.1, -0.05) is 73.3 Å². The zero-order chi connectivity index (χ0) is 99.3. The Morgan fingerprint density at radius 2 is 0.768 bits per heavy atom. The van der Waals surface area contributed by atoms with E-state index in [0.717, 1.165) is 38.3 Å². The number of aromatic nitrogens is 12. The molecule has 0 radical (unpaired) electrons. The molecule has 3 amide bonds. The summed E-state index contributed by atoms with van der Waals surface area (Å²) in [6.45, 7) is 22.5. The van der Waals surface area contributed by atoms with Gasteiger partial charge in [0, 0.05) is 319 Å². The van der Waals surface area contributed by atoms with Crippen LogP contribution in [0.15, 0.2) is 157 Å². The molecule has 0 spiro atoms. The van der Waals surface area contributed by atoms with Crippen molar-refractivity contribution < 1.29 is 53.9 Å². The summed E-state index contributed by atoms with van der Waals surface area (Å²) in [5, 5.41) is 15.8. The van der Waals surface area contributed by atoms with Crippen LogP contribution in [0.2, 0.25) is 0 Å². The van der Waals surface area contributed by atoms with E-state index in [1.165, 1.54) is 53.5 Å². The molecule has 30 nitrogen and oxygen atoms in total. The quantitative estimate of drug-likeness (QED) is 0.0539. The van der Waals surface area contributed by atoms with Crippen LogP contribution in [0.3, 0.4) is 0 Å². The summed E-state index contributed by atoms with van der Waals surface area (Å²) in [5.41, 5.74) is -0.884. The van der Waals surface area contributed by atoms with Crippen LogP contribution < -0.4 is 31.8 Å². The molecule has 6 aromatic carbocycles. The number of carbonyl (C=O) groups is 3. The van der Waals surface area contributed by atoms with Crippen LogP contribution in [0, 0.1) is 0 Å². The number of thioether (sulfide) groups is 3. The van der Waals surface area contributed by atoms with E-state index in [2.05, 4.69) is 63.3 Å². The highest BCUT2D eigenvalue weighted by Gasteiger charge is 2.48. The first kappa shape index (κ1) is 96.5. The number of fused-ring (bicyclic) bond motifs is 3. The Hall–Kier alpha value is -11.6. The minimum absolute atomic E-state index is 0.00790. The van der Waals surface area contributed by atoms with E-state index in [-0.39, 0.29) is 138 Å². The molecule has 7 atom stereocenters. The van der Waals surface area contributed by atoms with Crippen LogP contribution >= 0.6 is 35.3 Å². The first-order valence-corrected chi connectivity index (χ1v) is 51.2. The number of hydrogen-bond donors (Lipinski definition) is 0. The Labute approximate surface area is 823 Å². The number of para-hydroxylation sites is 3. The SMILES string of the molecule is C=CC(=O)N1[C@H](C)CN(c2nc(=O)n3c4c(c(-c5cccc6cnn(C)c56)c(C(F)(F)F)cc24)SCC3CN2CCN(C/C=C/C(=O)N3CCN(c4nc(=O)n5c6c(c(-c7cccc8cnn(C)c78)c(C(F)(F)F)cc46)SCC5CN4CCN(C/C=C/C(=O)N5C[C@H](C)N(c6nc(=O)n7c8c(c(-c9cccc%10cnn(C)c9%10)c(C(F)(F)F)cc68)SCC7CN6CCN(C)CC6)C[C@H]5C)CC4)CC3)CC2)C[C@@H]1C. The van der Waals surface area contributed by atoms with Gasteiger partial charge in [0.15, 0.2) is 0 Å². The van der Waals surface area contributed by atoms with Crippen molar-refractivity contribution in [1.29, 1.82) is 0 Å². The van der Waals surface area contributed by atoms with Gasteiger partial charge in [-0.15, -0.1) is 35.3 Å². The predicted octanol–water partition coefficient (Wildman–Crippen LogP) is 12.2. The lowest BCUT2D eigenvalue weighted by molar-refractivity contribution is -0.137. The largest absolute Gasteiger partial charge is 0.417 e. The summed E-state index contributed by atoms with van der Waals surface area (Å²) in [6, 6.07) is 15.8. The van der Waals surface area contributed by atoms with Gasteiger partial charge in [-0.25, -0.2) is 14.4 Å². The lowest BCUT2D eigenvalue weighted by Crippen LogP contribution is -2.58. The van der Waals surface area contributed by atoms with E-state index in [9.17, 15) is 24.0 Å². The van der Waals surface area contributed by atoms with E-state index >= 15 is 44.3 Å². The van der Waals surface area contributed by atoms with Crippen molar-refractivity contribution in [3.05, 3.63) is 176 Å². The van der Waals surface area contributed by atoms with Crippen molar-refractivity contribution in [2.75, 3.05) is 203 Å². The van der Waals surface area contributed by atoms with Gasteiger partial charge in [0.05, 0.1) is 86.5 Å². The molecule has 0 bridgehead atoms. The normalized spacial score (nSPS) is 22.0. The number of halogens is 9. The maximum Gasteiger partial charge on any atom is 0.417 e. The Morgan fingerprint density at radius 3 is 1.15 bits per heavy atom. The van der Waals surface area contributed by atoms with Gasteiger partial charge in [0.25, 0.3) is 0 Å². The van der Waals surface area contributed by atoms with Crippen LogP contribution in [-0.2, 0) is 54.1 Å². The molecule has 142 heavy (non-hydrogen) atoms. The molecule has 0 aliphatic carbocycles. The molecule has 6 aromatic heterocycles. The zero-order valence-electron chi connectivity index (χ0n) is 79.9. The molecule has 9 aliphatic heterocycles. The number of aryl methyl sites for hydroxylation is 3. The third-order valence-electron chi connectivity index (χ3n) is 30.1. The van der Waals surface area contributed by atoms with Gasteiger partial charge in [-0.2, -0.15) is 69.8 Å². The lowest BCUT2D eigenvalue weighted by atomic mass is 9.94. The highest BCUT2D eigenvalue weighted by Crippen LogP contribution is 2.56. The third-order valence-corrected chi connectivity index (χ3v) is 33.8.